The maximum absolute atomic E-state index is 4.91. The van der Waals surface area contributed by atoms with Crippen molar-refractivity contribution in [1.29, 1.82) is 0 Å². The predicted molar refractivity (Wildman–Crippen MR) is 102 cm³/mol. The number of rotatable bonds is 4. The van der Waals surface area contributed by atoms with Gasteiger partial charge < -0.3 is 4.57 Å². The van der Waals surface area contributed by atoms with Crippen LogP contribution < -0.4 is 0 Å². The number of aryl methyl sites for hydroxylation is 2. The van der Waals surface area contributed by atoms with Gasteiger partial charge in [0.2, 0.25) is 0 Å². The Morgan fingerprint density at radius 1 is 1.00 bits per heavy atom. The van der Waals surface area contributed by atoms with E-state index in [0.717, 1.165) is 24.3 Å². The Balaban J connectivity index is 1.81. The molecule has 0 fully saturated rings. The molecule has 2 nitrogen and oxygen atoms in total. The zero-order valence-corrected chi connectivity index (χ0v) is 14.8. The molecule has 0 saturated heterocycles. The van der Waals surface area contributed by atoms with Crippen LogP contribution in [-0.2, 0) is 13.0 Å². The highest BCUT2D eigenvalue weighted by atomic mass is 32.1. The number of hydrogen-bond donors (Lipinski definition) is 0. The summed E-state index contributed by atoms with van der Waals surface area (Å²) in [6, 6.07) is 19.4. The minimum absolute atomic E-state index is 0.870. The number of hydrogen-bond acceptors (Lipinski definition) is 2. The molecule has 0 aliphatic rings. The predicted octanol–water partition coefficient (Wildman–Crippen LogP) is 5.35. The molecule has 3 heteroatoms. The molecule has 0 aliphatic carbocycles. The highest BCUT2D eigenvalue weighted by molar-refractivity contribution is 7.09. The van der Waals surface area contributed by atoms with Gasteiger partial charge in [-0.25, -0.2) is 4.98 Å². The van der Waals surface area contributed by atoms with Crippen LogP contribution in [0.25, 0.3) is 11.0 Å². The Labute approximate surface area is 146 Å². The van der Waals surface area contributed by atoms with Crippen LogP contribution in [0.15, 0.2) is 60.0 Å². The lowest BCUT2D eigenvalue weighted by molar-refractivity contribution is 0.761. The van der Waals surface area contributed by atoms with E-state index in [4.69, 9.17) is 4.98 Å². The first-order valence-electron chi connectivity index (χ1n) is 8.23. The Bertz CT molecular complexity index is 980. The van der Waals surface area contributed by atoms with Crippen molar-refractivity contribution in [1.82, 2.24) is 9.55 Å². The number of benzene rings is 2. The van der Waals surface area contributed by atoms with E-state index < -0.39 is 0 Å². The average molecular weight is 332 g/mol. The van der Waals surface area contributed by atoms with Crippen LogP contribution in [0.5, 0.6) is 0 Å². The summed E-state index contributed by atoms with van der Waals surface area (Å²) in [4.78, 5) is 6.26. The number of imidazole rings is 1. The quantitative estimate of drug-likeness (QED) is 0.492. The van der Waals surface area contributed by atoms with Crippen molar-refractivity contribution < 1.29 is 0 Å². The molecule has 24 heavy (non-hydrogen) atoms. The van der Waals surface area contributed by atoms with Crippen LogP contribution in [0.1, 0.15) is 27.4 Å². The largest absolute Gasteiger partial charge is 0.323 e. The summed E-state index contributed by atoms with van der Waals surface area (Å²) in [5.41, 5.74) is 6.30. The maximum atomic E-state index is 4.91. The van der Waals surface area contributed by atoms with Gasteiger partial charge >= 0.3 is 0 Å². The van der Waals surface area contributed by atoms with Crippen molar-refractivity contribution >= 4 is 22.4 Å². The van der Waals surface area contributed by atoms with Gasteiger partial charge in [-0.1, -0.05) is 42.0 Å². The summed E-state index contributed by atoms with van der Waals surface area (Å²) < 4.78 is 2.37. The summed E-state index contributed by atoms with van der Waals surface area (Å²) in [5, 5.41) is 2.13. The van der Waals surface area contributed by atoms with Crippen LogP contribution in [0.4, 0.5) is 0 Å². The molecule has 0 bridgehead atoms. The smallest absolute Gasteiger partial charge is 0.115 e. The van der Waals surface area contributed by atoms with Crippen molar-refractivity contribution in [3.63, 3.8) is 0 Å². The molecule has 0 amide bonds. The van der Waals surface area contributed by atoms with E-state index in [-0.39, 0.29) is 0 Å². The van der Waals surface area contributed by atoms with Gasteiger partial charge in [-0.05, 0) is 48.6 Å². The lowest BCUT2D eigenvalue weighted by Gasteiger charge is -2.12. The van der Waals surface area contributed by atoms with E-state index in [1.807, 2.05) is 0 Å². The van der Waals surface area contributed by atoms with Crippen molar-refractivity contribution in [2.45, 2.75) is 26.8 Å². The molecule has 2 aromatic heterocycles. The van der Waals surface area contributed by atoms with Gasteiger partial charge in [0.15, 0.2) is 0 Å². The first-order valence-corrected chi connectivity index (χ1v) is 9.11. The van der Waals surface area contributed by atoms with E-state index >= 15 is 0 Å². The van der Waals surface area contributed by atoms with Crippen molar-refractivity contribution in [3.8, 4) is 0 Å². The fraction of sp³-hybridized carbons (Fsp3) is 0.190. The Morgan fingerprint density at radius 2 is 1.88 bits per heavy atom. The monoisotopic (exact) mass is 332 g/mol. The summed E-state index contributed by atoms with van der Waals surface area (Å²) in [7, 11) is 0. The summed E-state index contributed by atoms with van der Waals surface area (Å²) >= 11 is 1.79. The lowest BCUT2D eigenvalue weighted by Crippen LogP contribution is -2.07. The Kier molecular flexibility index (Phi) is 3.95. The second kappa shape index (κ2) is 6.25. The molecule has 0 unspecified atom stereocenters. The Hall–Kier alpha value is -2.39. The molecule has 4 aromatic rings. The molecule has 0 radical (unpaired) electrons. The molecule has 0 saturated carbocycles. The molecule has 0 N–H and O–H groups in total. The number of nitrogens with zero attached hydrogens (tertiary/aromatic N) is 2. The zero-order chi connectivity index (χ0) is 16.5. The van der Waals surface area contributed by atoms with Crippen LogP contribution >= 0.6 is 11.3 Å². The fourth-order valence-corrected chi connectivity index (χ4v) is 3.85. The number of fused-ring (bicyclic) bond motifs is 1. The van der Waals surface area contributed by atoms with Gasteiger partial charge in [-0.2, -0.15) is 0 Å². The first kappa shape index (κ1) is 15.2. The third kappa shape index (κ3) is 2.87. The molecule has 2 heterocycles. The number of thiophene rings is 1. The second-order valence-electron chi connectivity index (χ2n) is 6.29. The van der Waals surface area contributed by atoms with Gasteiger partial charge in [0.1, 0.15) is 5.82 Å². The lowest BCUT2D eigenvalue weighted by atomic mass is 10.1. The van der Waals surface area contributed by atoms with E-state index in [1.54, 1.807) is 11.3 Å². The van der Waals surface area contributed by atoms with Crippen molar-refractivity contribution in [2.24, 2.45) is 0 Å². The van der Waals surface area contributed by atoms with Crippen LogP contribution in [-0.4, -0.2) is 9.55 Å². The molecule has 120 valence electrons. The summed E-state index contributed by atoms with van der Waals surface area (Å²) in [5.74, 6) is 1.14. The highest BCUT2D eigenvalue weighted by Crippen LogP contribution is 2.23. The van der Waals surface area contributed by atoms with Crippen LogP contribution in [0, 0.1) is 13.8 Å². The van der Waals surface area contributed by atoms with Gasteiger partial charge in [0, 0.05) is 17.8 Å². The average Bonchev–Trinajstić information content (AvgIpc) is 3.20. The molecule has 2 aromatic carbocycles. The normalized spacial score (nSPS) is 11.2. The third-order valence-corrected chi connectivity index (χ3v) is 5.36. The van der Waals surface area contributed by atoms with Crippen molar-refractivity contribution in [3.05, 3.63) is 87.4 Å². The molecule has 4 rings (SSSR count). The van der Waals surface area contributed by atoms with Gasteiger partial charge in [-0.3, -0.25) is 0 Å². The maximum Gasteiger partial charge on any atom is 0.115 e. The summed E-state index contributed by atoms with van der Waals surface area (Å²) in [6.45, 7) is 5.21. The second-order valence-corrected chi connectivity index (χ2v) is 7.32. The fourth-order valence-electron chi connectivity index (χ4n) is 3.15. The van der Waals surface area contributed by atoms with E-state index in [2.05, 4.69) is 78.4 Å². The van der Waals surface area contributed by atoms with Crippen LogP contribution in [0.3, 0.4) is 0 Å². The highest BCUT2D eigenvalue weighted by Gasteiger charge is 2.13. The molecular formula is C21H20N2S. The standard InChI is InChI=1S/C21H20N2S/c1-15-9-10-16(2)17(12-15)14-23-20-8-4-3-7-19(20)22-21(23)13-18-6-5-11-24-18/h3-12H,13-14H2,1-2H3. The van der Waals surface area contributed by atoms with Crippen molar-refractivity contribution in [2.75, 3.05) is 0 Å². The first-order chi connectivity index (χ1) is 11.7. The van der Waals surface area contributed by atoms with Gasteiger partial charge in [0.25, 0.3) is 0 Å². The number of aromatic nitrogens is 2. The number of para-hydroxylation sites is 2. The zero-order valence-electron chi connectivity index (χ0n) is 14.0. The minimum atomic E-state index is 0.870. The van der Waals surface area contributed by atoms with Gasteiger partial charge in [0.05, 0.1) is 11.0 Å². The van der Waals surface area contributed by atoms with Crippen LogP contribution in [0.2, 0.25) is 0 Å². The van der Waals surface area contributed by atoms with E-state index in [9.17, 15) is 0 Å². The molecule has 0 spiro atoms. The molecule has 0 atom stereocenters. The molecule has 0 aliphatic heterocycles. The van der Waals surface area contributed by atoms with E-state index in [0.29, 0.717) is 0 Å². The molecular weight excluding hydrogens is 312 g/mol. The minimum Gasteiger partial charge on any atom is -0.323 e. The third-order valence-electron chi connectivity index (χ3n) is 4.48. The van der Waals surface area contributed by atoms with Gasteiger partial charge in [-0.15, -0.1) is 11.3 Å². The summed E-state index contributed by atoms with van der Waals surface area (Å²) in [6.07, 6.45) is 0.886. The SMILES string of the molecule is Cc1ccc(C)c(Cn2c(Cc3cccs3)nc3ccccc32)c1. The topological polar surface area (TPSA) is 17.8 Å². The van der Waals surface area contributed by atoms with E-state index in [1.165, 1.54) is 27.1 Å². The Morgan fingerprint density at radius 3 is 2.71 bits per heavy atom.